The first kappa shape index (κ1) is 8.52. The van der Waals surface area contributed by atoms with Crippen LogP contribution in [0.3, 0.4) is 0 Å². The molecule has 2 aliphatic rings. The molecular weight excluding hydrogens is 148 g/mol. The van der Waals surface area contributed by atoms with Crippen molar-refractivity contribution in [3.05, 3.63) is 0 Å². The van der Waals surface area contributed by atoms with Gasteiger partial charge in [-0.3, -0.25) is 9.80 Å². The third kappa shape index (κ3) is 1.50. The molecule has 0 amide bonds. The molecule has 0 N–H and O–H groups in total. The highest BCUT2D eigenvalue weighted by atomic mass is 15.4. The van der Waals surface area contributed by atoms with Crippen LogP contribution in [0.2, 0.25) is 0 Å². The van der Waals surface area contributed by atoms with Crippen molar-refractivity contribution in [2.24, 2.45) is 5.92 Å². The van der Waals surface area contributed by atoms with Crippen LogP contribution in [0.4, 0.5) is 0 Å². The summed E-state index contributed by atoms with van der Waals surface area (Å²) in [6.07, 6.45) is 4.27. The van der Waals surface area contributed by atoms with E-state index < -0.39 is 0 Å². The molecule has 2 aliphatic heterocycles. The highest BCUT2D eigenvalue weighted by Gasteiger charge is 2.33. The van der Waals surface area contributed by atoms with Gasteiger partial charge in [0, 0.05) is 19.1 Å². The maximum Gasteiger partial charge on any atom is 0.0507 e. The van der Waals surface area contributed by atoms with E-state index in [2.05, 4.69) is 23.8 Å². The van der Waals surface area contributed by atoms with E-state index in [1.165, 1.54) is 39.0 Å². The highest BCUT2D eigenvalue weighted by Crippen LogP contribution is 2.27. The molecule has 0 saturated carbocycles. The SMILES string of the molecule is CC[C@H]1CC[C@@H]2CN(C)CN2C1. The van der Waals surface area contributed by atoms with E-state index in [0.29, 0.717) is 0 Å². The zero-order valence-electron chi connectivity index (χ0n) is 8.29. The van der Waals surface area contributed by atoms with Crippen LogP contribution in [0.25, 0.3) is 0 Å². The Morgan fingerprint density at radius 2 is 2.08 bits per heavy atom. The molecule has 2 rings (SSSR count). The molecule has 0 spiro atoms. The van der Waals surface area contributed by atoms with Gasteiger partial charge in [0.25, 0.3) is 0 Å². The summed E-state index contributed by atoms with van der Waals surface area (Å²) in [5, 5.41) is 0. The van der Waals surface area contributed by atoms with Gasteiger partial charge in [-0.2, -0.15) is 0 Å². The van der Waals surface area contributed by atoms with Gasteiger partial charge in [-0.05, 0) is 25.8 Å². The van der Waals surface area contributed by atoms with Gasteiger partial charge in [-0.15, -0.1) is 0 Å². The zero-order chi connectivity index (χ0) is 8.55. The molecule has 0 bridgehead atoms. The number of hydrogen-bond donors (Lipinski definition) is 0. The second-order valence-electron chi connectivity index (χ2n) is 4.46. The average Bonchev–Trinajstić information content (AvgIpc) is 2.43. The third-order valence-electron chi connectivity index (χ3n) is 3.44. The van der Waals surface area contributed by atoms with Crippen molar-refractivity contribution in [1.82, 2.24) is 9.80 Å². The second-order valence-corrected chi connectivity index (χ2v) is 4.46. The Bertz CT molecular complexity index is 158. The van der Waals surface area contributed by atoms with E-state index in [4.69, 9.17) is 0 Å². The van der Waals surface area contributed by atoms with Crippen molar-refractivity contribution in [3.63, 3.8) is 0 Å². The highest BCUT2D eigenvalue weighted by molar-refractivity contribution is 4.86. The maximum atomic E-state index is 2.66. The van der Waals surface area contributed by atoms with E-state index in [1.54, 1.807) is 0 Å². The molecule has 2 fully saturated rings. The van der Waals surface area contributed by atoms with Crippen LogP contribution >= 0.6 is 0 Å². The Morgan fingerprint density at radius 3 is 2.83 bits per heavy atom. The van der Waals surface area contributed by atoms with E-state index in [0.717, 1.165) is 12.0 Å². The number of nitrogens with zero attached hydrogens (tertiary/aromatic N) is 2. The first-order valence-corrected chi connectivity index (χ1v) is 5.22. The van der Waals surface area contributed by atoms with Crippen molar-refractivity contribution in [3.8, 4) is 0 Å². The van der Waals surface area contributed by atoms with Gasteiger partial charge in [-0.1, -0.05) is 13.3 Å². The number of piperidine rings is 1. The molecule has 0 unspecified atom stereocenters. The van der Waals surface area contributed by atoms with E-state index in [1.807, 2.05) is 0 Å². The van der Waals surface area contributed by atoms with Crippen LogP contribution in [0.5, 0.6) is 0 Å². The first-order valence-electron chi connectivity index (χ1n) is 5.22. The average molecular weight is 168 g/mol. The predicted molar refractivity (Wildman–Crippen MR) is 51.0 cm³/mol. The van der Waals surface area contributed by atoms with Crippen LogP contribution in [-0.4, -0.2) is 42.6 Å². The largest absolute Gasteiger partial charge is 0.292 e. The lowest BCUT2D eigenvalue weighted by Gasteiger charge is -2.33. The Labute approximate surface area is 75.5 Å². The molecule has 12 heavy (non-hydrogen) atoms. The van der Waals surface area contributed by atoms with Crippen LogP contribution in [0.1, 0.15) is 26.2 Å². The fourth-order valence-electron chi connectivity index (χ4n) is 2.62. The summed E-state index contributed by atoms with van der Waals surface area (Å²) in [6, 6.07) is 0.887. The fourth-order valence-corrected chi connectivity index (χ4v) is 2.62. The molecule has 0 aromatic rings. The Hall–Kier alpha value is -0.0800. The third-order valence-corrected chi connectivity index (χ3v) is 3.44. The van der Waals surface area contributed by atoms with Crippen LogP contribution in [0, 0.1) is 5.92 Å². The number of likely N-dealkylation sites (N-methyl/N-ethyl adjacent to an activating group) is 1. The molecule has 2 nitrogen and oxygen atoms in total. The lowest BCUT2D eigenvalue weighted by molar-refractivity contribution is 0.141. The van der Waals surface area contributed by atoms with E-state index in [9.17, 15) is 0 Å². The van der Waals surface area contributed by atoms with E-state index in [-0.39, 0.29) is 0 Å². The molecule has 0 aromatic carbocycles. The Morgan fingerprint density at radius 1 is 1.25 bits per heavy atom. The standard InChI is InChI=1S/C10H20N2/c1-3-9-4-5-10-7-11(2)8-12(10)6-9/h9-10H,3-8H2,1-2H3/t9-,10+/m0/s1. The quantitative estimate of drug-likeness (QED) is 0.583. The number of hydrogen-bond acceptors (Lipinski definition) is 2. The molecule has 2 heteroatoms. The fraction of sp³-hybridized carbons (Fsp3) is 1.00. The summed E-state index contributed by atoms with van der Waals surface area (Å²) in [7, 11) is 2.24. The molecule has 70 valence electrons. The van der Waals surface area contributed by atoms with Gasteiger partial charge in [0.1, 0.15) is 0 Å². The van der Waals surface area contributed by atoms with Crippen LogP contribution in [0.15, 0.2) is 0 Å². The van der Waals surface area contributed by atoms with Gasteiger partial charge >= 0.3 is 0 Å². The molecule has 2 heterocycles. The molecule has 0 aliphatic carbocycles. The lowest BCUT2D eigenvalue weighted by atomic mass is 9.92. The summed E-state index contributed by atoms with van der Waals surface area (Å²) >= 11 is 0. The minimum atomic E-state index is 0.887. The summed E-state index contributed by atoms with van der Waals surface area (Å²) in [5.74, 6) is 0.979. The summed E-state index contributed by atoms with van der Waals surface area (Å²) in [4.78, 5) is 5.11. The minimum Gasteiger partial charge on any atom is -0.292 e. The number of rotatable bonds is 1. The van der Waals surface area contributed by atoms with Crippen molar-refractivity contribution in [1.29, 1.82) is 0 Å². The minimum absolute atomic E-state index is 0.887. The monoisotopic (exact) mass is 168 g/mol. The maximum absolute atomic E-state index is 2.66. The predicted octanol–water partition coefficient (Wildman–Crippen LogP) is 1.38. The summed E-state index contributed by atoms with van der Waals surface area (Å²) < 4.78 is 0. The van der Waals surface area contributed by atoms with Crippen molar-refractivity contribution >= 4 is 0 Å². The summed E-state index contributed by atoms with van der Waals surface area (Å²) in [6.45, 7) is 6.19. The smallest absolute Gasteiger partial charge is 0.0507 e. The Kier molecular flexibility index (Phi) is 2.37. The van der Waals surface area contributed by atoms with Crippen molar-refractivity contribution in [2.45, 2.75) is 32.2 Å². The van der Waals surface area contributed by atoms with Crippen LogP contribution < -0.4 is 0 Å². The lowest BCUT2D eigenvalue weighted by Crippen LogP contribution is -2.39. The molecule has 0 aromatic heterocycles. The van der Waals surface area contributed by atoms with Gasteiger partial charge in [-0.25, -0.2) is 0 Å². The molecular formula is C10H20N2. The van der Waals surface area contributed by atoms with Gasteiger partial charge in [0.05, 0.1) is 6.67 Å². The van der Waals surface area contributed by atoms with Gasteiger partial charge in [0.2, 0.25) is 0 Å². The zero-order valence-corrected chi connectivity index (χ0v) is 8.29. The van der Waals surface area contributed by atoms with Crippen molar-refractivity contribution in [2.75, 3.05) is 26.8 Å². The molecule has 2 atom stereocenters. The van der Waals surface area contributed by atoms with E-state index >= 15 is 0 Å². The normalized spacial score (nSPS) is 38.5. The van der Waals surface area contributed by atoms with Crippen molar-refractivity contribution < 1.29 is 0 Å². The van der Waals surface area contributed by atoms with Crippen LogP contribution in [-0.2, 0) is 0 Å². The van der Waals surface area contributed by atoms with Gasteiger partial charge < -0.3 is 0 Å². The first-order chi connectivity index (χ1) is 5.79. The summed E-state index contributed by atoms with van der Waals surface area (Å²) in [5.41, 5.74) is 0. The number of fused-ring (bicyclic) bond motifs is 1. The van der Waals surface area contributed by atoms with Gasteiger partial charge in [0.15, 0.2) is 0 Å². The topological polar surface area (TPSA) is 6.48 Å². The molecule has 2 saturated heterocycles. The second kappa shape index (κ2) is 3.35. The Balaban J connectivity index is 1.93. The molecule has 0 radical (unpaired) electrons.